The number of aromatic hydroxyl groups is 1. The Morgan fingerprint density at radius 1 is 0.529 bits per heavy atom. The molecule has 0 fully saturated rings. The number of hydrogen-bond acceptors (Lipinski definition) is 1. The SMILES string of the molecule is CCC(C)(C)c1cc(Cc2cc(C(C)(C)CC)cc(C(C)(C)CC)c2O)cc(C(C)(C)CC)c1. The first-order valence-electron chi connectivity index (χ1n) is 13.6. The summed E-state index contributed by atoms with van der Waals surface area (Å²) in [6.07, 6.45) is 5.02. The maximum atomic E-state index is 11.5. The second-order valence-electron chi connectivity index (χ2n) is 13.1. The van der Waals surface area contributed by atoms with Gasteiger partial charge in [0.1, 0.15) is 5.75 Å². The number of hydrogen-bond donors (Lipinski definition) is 1. The highest BCUT2D eigenvalue weighted by molar-refractivity contribution is 5.51. The monoisotopic (exact) mass is 464 g/mol. The average molecular weight is 465 g/mol. The van der Waals surface area contributed by atoms with Gasteiger partial charge in [-0.05, 0) is 75.2 Å². The number of phenols is 1. The number of phenolic OH excluding ortho intramolecular Hbond substituents is 1. The Bertz CT molecular complexity index is 954. The highest BCUT2D eigenvalue weighted by atomic mass is 16.3. The van der Waals surface area contributed by atoms with Gasteiger partial charge < -0.3 is 5.11 Å². The van der Waals surface area contributed by atoms with Crippen LogP contribution in [0.2, 0.25) is 0 Å². The van der Waals surface area contributed by atoms with Gasteiger partial charge in [-0.2, -0.15) is 0 Å². The summed E-state index contributed by atoms with van der Waals surface area (Å²) < 4.78 is 0. The van der Waals surface area contributed by atoms with Gasteiger partial charge >= 0.3 is 0 Å². The van der Waals surface area contributed by atoms with Gasteiger partial charge in [0.05, 0.1) is 0 Å². The molecule has 0 aliphatic heterocycles. The first kappa shape index (κ1) is 28.5. The van der Waals surface area contributed by atoms with Crippen LogP contribution in [0.15, 0.2) is 30.3 Å². The van der Waals surface area contributed by atoms with E-state index in [1.54, 1.807) is 0 Å². The summed E-state index contributed by atoms with van der Waals surface area (Å²) in [5.41, 5.74) is 7.84. The van der Waals surface area contributed by atoms with Gasteiger partial charge in [0.15, 0.2) is 0 Å². The number of benzene rings is 2. The highest BCUT2D eigenvalue weighted by Gasteiger charge is 2.29. The first-order chi connectivity index (χ1) is 15.5. The Labute approximate surface area is 211 Å². The summed E-state index contributed by atoms with van der Waals surface area (Å²) in [4.78, 5) is 0. The van der Waals surface area contributed by atoms with Gasteiger partial charge in [0, 0.05) is 12.0 Å². The van der Waals surface area contributed by atoms with E-state index >= 15 is 0 Å². The zero-order chi connectivity index (χ0) is 26.1. The van der Waals surface area contributed by atoms with Crippen molar-refractivity contribution in [3.63, 3.8) is 0 Å². The highest BCUT2D eigenvalue weighted by Crippen LogP contribution is 2.42. The summed E-state index contributed by atoms with van der Waals surface area (Å²) in [6, 6.07) is 11.8. The zero-order valence-electron chi connectivity index (χ0n) is 24.4. The summed E-state index contributed by atoms with van der Waals surface area (Å²) >= 11 is 0. The lowest BCUT2D eigenvalue weighted by Crippen LogP contribution is -2.22. The molecule has 0 bridgehead atoms. The van der Waals surface area contributed by atoms with E-state index in [-0.39, 0.29) is 21.7 Å². The van der Waals surface area contributed by atoms with Crippen molar-refractivity contribution in [3.05, 3.63) is 63.7 Å². The van der Waals surface area contributed by atoms with Crippen molar-refractivity contribution in [1.29, 1.82) is 0 Å². The minimum Gasteiger partial charge on any atom is -0.507 e. The van der Waals surface area contributed by atoms with E-state index in [1.807, 2.05) is 0 Å². The fourth-order valence-corrected chi connectivity index (χ4v) is 4.33. The topological polar surface area (TPSA) is 20.2 Å². The molecule has 0 aliphatic carbocycles. The van der Waals surface area contributed by atoms with Crippen LogP contribution in [0.1, 0.15) is 142 Å². The molecule has 2 aromatic rings. The maximum absolute atomic E-state index is 11.5. The lowest BCUT2D eigenvalue weighted by molar-refractivity contribution is 0.420. The van der Waals surface area contributed by atoms with Gasteiger partial charge in [-0.3, -0.25) is 0 Å². The largest absolute Gasteiger partial charge is 0.507 e. The normalized spacial score (nSPS) is 13.4. The zero-order valence-corrected chi connectivity index (χ0v) is 24.4. The van der Waals surface area contributed by atoms with Crippen molar-refractivity contribution in [1.82, 2.24) is 0 Å². The molecule has 0 unspecified atom stereocenters. The molecule has 1 nitrogen and oxygen atoms in total. The molecule has 0 atom stereocenters. The fraction of sp³-hybridized carbons (Fsp3) is 0.636. The van der Waals surface area contributed by atoms with Crippen molar-refractivity contribution < 1.29 is 5.11 Å². The third kappa shape index (κ3) is 5.89. The quantitative estimate of drug-likeness (QED) is 0.371. The van der Waals surface area contributed by atoms with Crippen LogP contribution in [-0.4, -0.2) is 5.11 Å². The lowest BCUT2D eigenvalue weighted by atomic mass is 9.74. The molecular formula is C33H52O. The number of rotatable bonds is 10. The van der Waals surface area contributed by atoms with E-state index in [4.69, 9.17) is 0 Å². The molecule has 1 heteroatoms. The Morgan fingerprint density at radius 3 is 1.29 bits per heavy atom. The molecule has 1 N–H and O–H groups in total. The fourth-order valence-electron chi connectivity index (χ4n) is 4.33. The predicted octanol–water partition coefficient (Wildman–Crippen LogP) is 9.73. The molecule has 2 aromatic carbocycles. The molecular weight excluding hydrogens is 412 g/mol. The molecule has 34 heavy (non-hydrogen) atoms. The molecule has 0 radical (unpaired) electrons. The molecule has 190 valence electrons. The third-order valence-electron chi connectivity index (χ3n) is 9.19. The van der Waals surface area contributed by atoms with Crippen molar-refractivity contribution in [2.75, 3.05) is 0 Å². The molecule has 0 aliphatic rings. The molecule has 0 amide bonds. The van der Waals surface area contributed by atoms with Gasteiger partial charge in [-0.1, -0.05) is 113 Å². The van der Waals surface area contributed by atoms with E-state index in [2.05, 4.69) is 113 Å². The van der Waals surface area contributed by atoms with Crippen molar-refractivity contribution >= 4 is 0 Å². The van der Waals surface area contributed by atoms with Gasteiger partial charge in [-0.15, -0.1) is 0 Å². The summed E-state index contributed by atoms with van der Waals surface area (Å²) in [6.45, 7) is 27.5. The third-order valence-corrected chi connectivity index (χ3v) is 9.19. The summed E-state index contributed by atoms with van der Waals surface area (Å²) in [5.74, 6) is 0.485. The van der Waals surface area contributed by atoms with Crippen LogP contribution in [-0.2, 0) is 28.1 Å². The smallest absolute Gasteiger partial charge is 0.122 e. The molecule has 0 aromatic heterocycles. The minimum absolute atomic E-state index is 0.0694. The van der Waals surface area contributed by atoms with E-state index in [9.17, 15) is 5.11 Å². The van der Waals surface area contributed by atoms with E-state index in [0.29, 0.717) is 5.75 Å². The van der Waals surface area contributed by atoms with E-state index in [0.717, 1.165) is 43.2 Å². The molecule has 0 saturated heterocycles. The Balaban J connectivity index is 2.76. The lowest BCUT2D eigenvalue weighted by Gasteiger charge is -2.31. The second kappa shape index (κ2) is 10.1. The van der Waals surface area contributed by atoms with Crippen molar-refractivity contribution in [3.8, 4) is 5.75 Å². The standard InChI is InChI=1S/C33H52O/c1-13-30(5,6)25-18-23(19-26(21-25)31(7,8)14-2)17-24-20-27(32(9,10)15-3)22-28(29(24)34)33(11,12)16-4/h18-22,34H,13-17H2,1-12H3. The van der Waals surface area contributed by atoms with Gasteiger partial charge in [0.2, 0.25) is 0 Å². The Morgan fingerprint density at radius 2 is 0.912 bits per heavy atom. The molecule has 0 heterocycles. The van der Waals surface area contributed by atoms with Crippen LogP contribution in [0.3, 0.4) is 0 Å². The minimum atomic E-state index is -0.0694. The van der Waals surface area contributed by atoms with E-state index in [1.165, 1.54) is 22.3 Å². The first-order valence-corrected chi connectivity index (χ1v) is 13.6. The van der Waals surface area contributed by atoms with E-state index < -0.39 is 0 Å². The molecule has 0 spiro atoms. The molecule has 2 rings (SSSR count). The second-order valence-corrected chi connectivity index (χ2v) is 13.1. The van der Waals surface area contributed by atoms with Crippen LogP contribution in [0.4, 0.5) is 0 Å². The van der Waals surface area contributed by atoms with Gasteiger partial charge in [-0.25, -0.2) is 0 Å². The Kier molecular flexibility index (Phi) is 8.44. The van der Waals surface area contributed by atoms with Crippen LogP contribution >= 0.6 is 0 Å². The maximum Gasteiger partial charge on any atom is 0.122 e. The Hall–Kier alpha value is -1.76. The summed E-state index contributed by atoms with van der Waals surface area (Å²) in [7, 11) is 0. The van der Waals surface area contributed by atoms with Crippen LogP contribution in [0.25, 0.3) is 0 Å². The van der Waals surface area contributed by atoms with Crippen molar-refractivity contribution in [2.24, 2.45) is 0 Å². The van der Waals surface area contributed by atoms with Crippen LogP contribution in [0.5, 0.6) is 5.75 Å². The molecule has 0 saturated carbocycles. The van der Waals surface area contributed by atoms with Crippen LogP contribution in [0, 0.1) is 0 Å². The van der Waals surface area contributed by atoms with Crippen LogP contribution < -0.4 is 0 Å². The van der Waals surface area contributed by atoms with Gasteiger partial charge in [0.25, 0.3) is 0 Å². The summed E-state index contributed by atoms with van der Waals surface area (Å²) in [5, 5.41) is 11.5. The average Bonchev–Trinajstić information content (AvgIpc) is 2.79. The predicted molar refractivity (Wildman–Crippen MR) is 151 cm³/mol. The van der Waals surface area contributed by atoms with Crippen molar-refractivity contribution in [2.45, 2.75) is 137 Å².